The molecule has 0 spiro atoms. The first-order chi connectivity index (χ1) is 12.5. The molecule has 0 aliphatic carbocycles. The summed E-state index contributed by atoms with van der Waals surface area (Å²) in [5.74, 6) is 0.298. The first-order valence-corrected chi connectivity index (χ1v) is 8.72. The van der Waals surface area contributed by atoms with E-state index in [0.717, 1.165) is 17.7 Å². The lowest BCUT2D eigenvalue weighted by molar-refractivity contribution is -0.121. The molecule has 1 aliphatic rings. The summed E-state index contributed by atoms with van der Waals surface area (Å²) in [7, 11) is 1.65. The van der Waals surface area contributed by atoms with E-state index >= 15 is 0 Å². The number of anilines is 2. The Morgan fingerprint density at radius 2 is 2.15 bits per heavy atom. The lowest BCUT2D eigenvalue weighted by Gasteiger charge is -2.34. The van der Waals surface area contributed by atoms with Crippen molar-refractivity contribution >= 4 is 23.4 Å². The summed E-state index contributed by atoms with van der Waals surface area (Å²) in [6.45, 7) is 4.36. The summed E-state index contributed by atoms with van der Waals surface area (Å²) in [6.07, 6.45) is 5.41. The van der Waals surface area contributed by atoms with Crippen molar-refractivity contribution < 1.29 is 9.59 Å². The topological polar surface area (TPSA) is 78.4 Å². The van der Waals surface area contributed by atoms with Gasteiger partial charge in [0.1, 0.15) is 6.04 Å². The van der Waals surface area contributed by atoms with Gasteiger partial charge in [0, 0.05) is 25.1 Å². The van der Waals surface area contributed by atoms with Crippen LogP contribution in [0.4, 0.5) is 16.3 Å². The fraction of sp³-hybridized carbons (Fsp3) is 0.368. The van der Waals surface area contributed by atoms with Crippen LogP contribution < -0.4 is 10.2 Å². The van der Waals surface area contributed by atoms with E-state index in [2.05, 4.69) is 15.3 Å². The zero-order valence-electron chi connectivity index (χ0n) is 15.2. The minimum Gasteiger partial charge on any atom is -0.324 e. The Morgan fingerprint density at radius 1 is 1.38 bits per heavy atom. The number of carbonyl (C=O) groups excluding carboxylic acids is 2. The highest BCUT2D eigenvalue weighted by Gasteiger charge is 2.38. The van der Waals surface area contributed by atoms with Crippen LogP contribution in [-0.4, -0.2) is 39.9 Å². The molecule has 7 nitrogen and oxygen atoms in total. The summed E-state index contributed by atoms with van der Waals surface area (Å²) in [5.41, 5.74) is 1.66. The van der Waals surface area contributed by atoms with Gasteiger partial charge < -0.3 is 10.2 Å². The smallest absolute Gasteiger partial charge is 0.324 e. The van der Waals surface area contributed by atoms with Gasteiger partial charge in [-0.15, -0.1) is 0 Å². The molecule has 0 fully saturated rings. The number of benzene rings is 1. The van der Waals surface area contributed by atoms with Crippen molar-refractivity contribution in [2.24, 2.45) is 5.92 Å². The van der Waals surface area contributed by atoms with Gasteiger partial charge in [-0.25, -0.2) is 9.78 Å². The number of hydrogen-bond acceptors (Lipinski definition) is 4. The van der Waals surface area contributed by atoms with E-state index in [9.17, 15) is 9.59 Å². The first-order valence-electron chi connectivity index (χ1n) is 8.72. The molecule has 1 N–H and O–H groups in total. The Hall–Kier alpha value is -2.96. The molecule has 2 aromatic rings. The SMILES string of the molecule is CC[C@H](C)[C@H]1C(=O)Nc2ccccc2CN1C(=O)N(C)c1cnccn1. The Morgan fingerprint density at radius 3 is 2.85 bits per heavy atom. The van der Waals surface area contributed by atoms with Crippen molar-refractivity contribution in [2.75, 3.05) is 17.3 Å². The Balaban J connectivity index is 1.99. The van der Waals surface area contributed by atoms with Gasteiger partial charge in [0.2, 0.25) is 5.91 Å². The molecule has 7 heteroatoms. The molecule has 1 aromatic heterocycles. The third kappa shape index (κ3) is 3.37. The van der Waals surface area contributed by atoms with Crippen LogP contribution >= 0.6 is 0 Å². The predicted molar refractivity (Wildman–Crippen MR) is 99.7 cm³/mol. The summed E-state index contributed by atoms with van der Waals surface area (Å²) in [6, 6.07) is 6.74. The van der Waals surface area contributed by atoms with Gasteiger partial charge in [-0.3, -0.25) is 14.7 Å². The molecule has 1 aromatic carbocycles. The maximum Gasteiger partial charge on any atom is 0.326 e. The number of nitrogens with one attached hydrogen (secondary N) is 1. The van der Waals surface area contributed by atoms with Gasteiger partial charge in [-0.2, -0.15) is 0 Å². The van der Waals surface area contributed by atoms with Gasteiger partial charge >= 0.3 is 6.03 Å². The molecule has 3 amide bonds. The summed E-state index contributed by atoms with van der Waals surface area (Å²) in [4.78, 5) is 37.4. The molecular weight excluding hydrogens is 330 g/mol. The van der Waals surface area contributed by atoms with Crippen molar-refractivity contribution in [1.82, 2.24) is 14.9 Å². The highest BCUT2D eigenvalue weighted by atomic mass is 16.2. The van der Waals surface area contributed by atoms with Crippen molar-refractivity contribution in [2.45, 2.75) is 32.9 Å². The standard InChI is InChI=1S/C19H23N5O2/c1-4-13(2)17-18(25)22-15-8-6-5-7-14(15)12-24(17)19(26)23(3)16-11-20-9-10-21-16/h5-11,13,17H,4,12H2,1-3H3,(H,22,25)/t13-,17-/m0/s1. The third-order valence-electron chi connectivity index (χ3n) is 4.83. The minimum absolute atomic E-state index is 0.0171. The largest absolute Gasteiger partial charge is 0.326 e. The van der Waals surface area contributed by atoms with Gasteiger partial charge in [-0.05, 0) is 17.5 Å². The van der Waals surface area contributed by atoms with Crippen molar-refractivity contribution in [1.29, 1.82) is 0 Å². The lowest BCUT2D eigenvalue weighted by Crippen LogP contribution is -2.52. The van der Waals surface area contributed by atoms with Crippen LogP contribution in [0.25, 0.3) is 0 Å². The molecular formula is C19H23N5O2. The Labute approximate surface area is 153 Å². The van der Waals surface area contributed by atoms with Gasteiger partial charge in [-0.1, -0.05) is 38.5 Å². The van der Waals surface area contributed by atoms with E-state index < -0.39 is 6.04 Å². The van der Waals surface area contributed by atoms with Crippen molar-refractivity contribution in [3.63, 3.8) is 0 Å². The number of carbonyl (C=O) groups is 2. The van der Waals surface area contributed by atoms with E-state index in [0.29, 0.717) is 12.4 Å². The number of fused-ring (bicyclic) bond motifs is 1. The second-order valence-corrected chi connectivity index (χ2v) is 6.51. The monoisotopic (exact) mass is 353 g/mol. The highest BCUT2D eigenvalue weighted by Crippen LogP contribution is 2.28. The normalized spacial score (nSPS) is 17.7. The quantitative estimate of drug-likeness (QED) is 0.920. The average Bonchev–Trinajstić information content (AvgIpc) is 2.82. The van der Waals surface area contributed by atoms with Crippen molar-refractivity contribution in [3.8, 4) is 0 Å². The molecule has 0 saturated carbocycles. The van der Waals surface area contributed by atoms with Crippen LogP contribution in [0.3, 0.4) is 0 Å². The molecule has 0 saturated heterocycles. The average molecular weight is 353 g/mol. The molecule has 2 heterocycles. The van der Waals surface area contributed by atoms with E-state index in [1.165, 1.54) is 17.3 Å². The molecule has 3 rings (SSSR count). The van der Waals surface area contributed by atoms with Crippen molar-refractivity contribution in [3.05, 3.63) is 48.4 Å². The van der Waals surface area contributed by atoms with Gasteiger partial charge in [0.25, 0.3) is 0 Å². The maximum absolute atomic E-state index is 13.2. The lowest BCUT2D eigenvalue weighted by atomic mass is 9.97. The Kier molecular flexibility index (Phi) is 5.16. The van der Waals surface area contributed by atoms with E-state index in [1.807, 2.05) is 38.1 Å². The number of amides is 3. The highest BCUT2D eigenvalue weighted by molar-refractivity contribution is 6.01. The van der Waals surface area contributed by atoms with Crippen LogP contribution in [0.5, 0.6) is 0 Å². The fourth-order valence-corrected chi connectivity index (χ4v) is 3.14. The molecule has 0 unspecified atom stereocenters. The summed E-state index contributed by atoms with van der Waals surface area (Å²) >= 11 is 0. The molecule has 26 heavy (non-hydrogen) atoms. The fourth-order valence-electron chi connectivity index (χ4n) is 3.14. The van der Waals surface area contributed by atoms with Crippen LogP contribution in [-0.2, 0) is 11.3 Å². The summed E-state index contributed by atoms with van der Waals surface area (Å²) < 4.78 is 0. The number of nitrogens with zero attached hydrogens (tertiary/aromatic N) is 4. The third-order valence-corrected chi connectivity index (χ3v) is 4.83. The van der Waals surface area contributed by atoms with Crippen LogP contribution in [0.2, 0.25) is 0 Å². The van der Waals surface area contributed by atoms with E-state index in [-0.39, 0.29) is 17.9 Å². The van der Waals surface area contributed by atoms with Crippen LogP contribution in [0.1, 0.15) is 25.8 Å². The number of urea groups is 1. The number of aromatic nitrogens is 2. The summed E-state index contributed by atoms with van der Waals surface area (Å²) in [5, 5.41) is 2.97. The number of rotatable bonds is 3. The van der Waals surface area contributed by atoms with Crippen LogP contribution in [0, 0.1) is 5.92 Å². The van der Waals surface area contributed by atoms with Crippen LogP contribution in [0.15, 0.2) is 42.9 Å². The Bertz CT molecular complexity index is 796. The molecule has 1 aliphatic heterocycles. The zero-order valence-corrected chi connectivity index (χ0v) is 15.2. The predicted octanol–water partition coefficient (Wildman–Crippen LogP) is 2.90. The minimum atomic E-state index is -0.556. The second kappa shape index (κ2) is 7.51. The second-order valence-electron chi connectivity index (χ2n) is 6.51. The molecule has 136 valence electrons. The molecule has 0 bridgehead atoms. The maximum atomic E-state index is 13.2. The van der Waals surface area contributed by atoms with Gasteiger partial charge in [0.05, 0.1) is 12.7 Å². The zero-order chi connectivity index (χ0) is 18.7. The molecule has 2 atom stereocenters. The molecule has 0 radical (unpaired) electrons. The van der Waals surface area contributed by atoms with E-state index in [4.69, 9.17) is 0 Å². The van der Waals surface area contributed by atoms with Gasteiger partial charge in [0.15, 0.2) is 5.82 Å². The number of hydrogen-bond donors (Lipinski definition) is 1. The first kappa shape index (κ1) is 17.8. The number of para-hydroxylation sites is 1. The van der Waals surface area contributed by atoms with E-state index in [1.54, 1.807) is 18.1 Å².